The summed E-state index contributed by atoms with van der Waals surface area (Å²) in [6.07, 6.45) is -12.8. The van der Waals surface area contributed by atoms with Gasteiger partial charge < -0.3 is 9.47 Å². The number of halogens is 6. The maximum atomic E-state index is 13.8. The van der Waals surface area contributed by atoms with E-state index in [2.05, 4.69) is 14.8 Å². The number of aromatic amines is 1. The fourth-order valence-corrected chi connectivity index (χ4v) is 3.36. The highest BCUT2D eigenvalue weighted by Gasteiger charge is 2.51. The molecular formula is C20H14F6N4O3. The largest absolute Gasteiger partial charge is 0.497 e. The molecule has 0 saturated heterocycles. The Morgan fingerprint density at radius 2 is 1.82 bits per heavy atom. The van der Waals surface area contributed by atoms with Crippen LogP contribution in [-0.4, -0.2) is 34.6 Å². The SMILES string of the molecule is COc1ccc(CN2C(=O)O[C@@H](C(F)(F)F)c3c(-c4cc(C(F)(F)F)[nH]n4)ccnc32)cc1. The minimum Gasteiger partial charge on any atom is -0.497 e. The molecule has 3 aromatic rings. The third-order valence-corrected chi connectivity index (χ3v) is 4.88. The van der Waals surface area contributed by atoms with Crippen LogP contribution in [-0.2, 0) is 17.5 Å². The first-order chi connectivity index (χ1) is 15.5. The van der Waals surface area contributed by atoms with Gasteiger partial charge in [-0.3, -0.25) is 10.00 Å². The first-order valence-corrected chi connectivity index (χ1v) is 9.28. The Morgan fingerprint density at radius 3 is 2.39 bits per heavy atom. The van der Waals surface area contributed by atoms with Crippen LogP contribution in [0, 0.1) is 0 Å². The summed E-state index contributed by atoms with van der Waals surface area (Å²) >= 11 is 0. The highest BCUT2D eigenvalue weighted by molar-refractivity contribution is 5.91. The van der Waals surface area contributed by atoms with Crippen LogP contribution in [0.1, 0.15) is 22.9 Å². The first-order valence-electron chi connectivity index (χ1n) is 9.28. The van der Waals surface area contributed by atoms with Crippen molar-refractivity contribution in [2.24, 2.45) is 0 Å². The zero-order chi connectivity index (χ0) is 24.0. The topological polar surface area (TPSA) is 80.3 Å². The summed E-state index contributed by atoms with van der Waals surface area (Å²) in [5.41, 5.74) is -2.04. The lowest BCUT2D eigenvalue weighted by Gasteiger charge is -2.34. The van der Waals surface area contributed by atoms with Crippen molar-refractivity contribution in [1.82, 2.24) is 15.2 Å². The summed E-state index contributed by atoms with van der Waals surface area (Å²) in [6, 6.07) is 8.03. The third kappa shape index (κ3) is 4.30. The molecule has 0 spiro atoms. The maximum Gasteiger partial charge on any atom is 0.432 e. The average molecular weight is 472 g/mol. The number of carbonyl (C=O) groups excluding carboxylic acids is 1. The highest BCUT2D eigenvalue weighted by atomic mass is 19.4. The number of fused-ring (bicyclic) bond motifs is 1. The second-order valence-corrected chi connectivity index (χ2v) is 7.00. The van der Waals surface area contributed by atoms with Gasteiger partial charge in [0, 0.05) is 11.8 Å². The van der Waals surface area contributed by atoms with E-state index in [0.717, 1.165) is 17.2 Å². The van der Waals surface area contributed by atoms with Gasteiger partial charge in [-0.25, -0.2) is 9.78 Å². The Hall–Kier alpha value is -3.77. The number of carbonyl (C=O) groups is 1. The van der Waals surface area contributed by atoms with Crippen LogP contribution in [0.5, 0.6) is 5.75 Å². The van der Waals surface area contributed by atoms with Gasteiger partial charge in [0.05, 0.1) is 24.9 Å². The number of nitrogens with zero attached hydrogens (tertiary/aromatic N) is 3. The summed E-state index contributed by atoms with van der Waals surface area (Å²) in [5, 5.41) is 5.28. The Bertz CT molecular complexity index is 1170. The molecule has 0 radical (unpaired) electrons. The number of ether oxygens (including phenoxy) is 2. The van der Waals surface area contributed by atoms with Gasteiger partial charge in [-0.2, -0.15) is 31.4 Å². The number of hydrogen-bond donors (Lipinski definition) is 1. The van der Waals surface area contributed by atoms with E-state index in [1.54, 1.807) is 29.4 Å². The van der Waals surface area contributed by atoms with Crippen molar-refractivity contribution in [2.45, 2.75) is 25.0 Å². The molecule has 1 aromatic carbocycles. The lowest BCUT2D eigenvalue weighted by molar-refractivity contribution is -0.207. The fourth-order valence-electron chi connectivity index (χ4n) is 3.36. The van der Waals surface area contributed by atoms with Crippen LogP contribution in [0.2, 0.25) is 0 Å². The summed E-state index contributed by atoms with van der Waals surface area (Å²) in [5.74, 6) is 0.135. The van der Waals surface area contributed by atoms with Gasteiger partial charge in [-0.1, -0.05) is 12.1 Å². The van der Waals surface area contributed by atoms with Crippen molar-refractivity contribution in [3.05, 3.63) is 59.4 Å². The molecule has 0 saturated carbocycles. The second-order valence-electron chi connectivity index (χ2n) is 7.00. The number of rotatable bonds is 4. The molecule has 13 heteroatoms. The van der Waals surface area contributed by atoms with Crippen LogP contribution in [0.4, 0.5) is 37.0 Å². The average Bonchev–Trinajstić information content (AvgIpc) is 3.25. The normalized spacial score (nSPS) is 16.4. The number of aromatic nitrogens is 3. The van der Waals surface area contributed by atoms with Gasteiger partial charge in [0.2, 0.25) is 6.10 Å². The quantitative estimate of drug-likeness (QED) is 0.524. The fraction of sp³-hybridized carbons (Fsp3) is 0.250. The molecule has 2 aromatic heterocycles. The molecular weight excluding hydrogens is 458 g/mol. The van der Waals surface area contributed by atoms with Crippen LogP contribution in [0.3, 0.4) is 0 Å². The smallest absolute Gasteiger partial charge is 0.432 e. The first kappa shape index (κ1) is 22.4. The molecule has 174 valence electrons. The Labute approximate surface area is 181 Å². The zero-order valence-corrected chi connectivity index (χ0v) is 16.7. The minimum absolute atomic E-state index is 0.203. The van der Waals surface area contributed by atoms with Crippen molar-refractivity contribution in [3.63, 3.8) is 0 Å². The van der Waals surface area contributed by atoms with Crippen LogP contribution >= 0.6 is 0 Å². The van der Waals surface area contributed by atoms with E-state index >= 15 is 0 Å². The van der Waals surface area contributed by atoms with Crippen molar-refractivity contribution in [3.8, 4) is 17.0 Å². The van der Waals surface area contributed by atoms with Gasteiger partial charge >= 0.3 is 18.4 Å². The molecule has 0 fully saturated rings. The molecule has 1 atom stereocenters. The number of benzene rings is 1. The lowest BCUT2D eigenvalue weighted by Crippen LogP contribution is -2.42. The van der Waals surface area contributed by atoms with Crippen LogP contribution < -0.4 is 9.64 Å². The molecule has 0 bridgehead atoms. The second kappa shape index (κ2) is 7.98. The number of amides is 1. The molecule has 0 aliphatic carbocycles. The van der Waals surface area contributed by atoms with E-state index in [0.29, 0.717) is 17.4 Å². The van der Waals surface area contributed by atoms with Crippen LogP contribution in [0.15, 0.2) is 42.6 Å². The number of H-pyrrole nitrogens is 1. The molecule has 1 amide bonds. The zero-order valence-electron chi connectivity index (χ0n) is 16.7. The number of alkyl halides is 6. The van der Waals surface area contributed by atoms with Crippen molar-refractivity contribution in [1.29, 1.82) is 0 Å². The monoisotopic (exact) mass is 472 g/mol. The molecule has 1 aliphatic rings. The molecule has 3 heterocycles. The molecule has 7 nitrogen and oxygen atoms in total. The van der Waals surface area contributed by atoms with E-state index in [1.807, 2.05) is 0 Å². The number of methoxy groups -OCH3 is 1. The van der Waals surface area contributed by atoms with Crippen LogP contribution in [0.25, 0.3) is 11.3 Å². The van der Waals surface area contributed by atoms with E-state index < -0.39 is 47.3 Å². The van der Waals surface area contributed by atoms with Crippen molar-refractivity contribution in [2.75, 3.05) is 12.0 Å². The number of anilines is 1. The van der Waals surface area contributed by atoms with Gasteiger partial charge in [0.1, 0.15) is 17.3 Å². The van der Waals surface area contributed by atoms with Gasteiger partial charge in [-0.15, -0.1) is 0 Å². The number of nitrogens with one attached hydrogen (secondary N) is 1. The van der Waals surface area contributed by atoms with Gasteiger partial charge in [-0.05, 0) is 29.8 Å². The lowest BCUT2D eigenvalue weighted by atomic mass is 9.98. The molecule has 1 N–H and O–H groups in total. The molecule has 0 unspecified atom stereocenters. The summed E-state index contributed by atoms with van der Waals surface area (Å²) < 4.78 is 90.0. The molecule has 4 rings (SSSR count). The highest BCUT2D eigenvalue weighted by Crippen LogP contribution is 2.47. The van der Waals surface area contributed by atoms with Crippen molar-refractivity contribution < 1.29 is 40.6 Å². The van der Waals surface area contributed by atoms with Gasteiger partial charge in [0.15, 0.2) is 0 Å². The van der Waals surface area contributed by atoms with E-state index in [9.17, 15) is 31.1 Å². The molecule has 1 aliphatic heterocycles. The van der Waals surface area contributed by atoms with Crippen molar-refractivity contribution >= 4 is 11.9 Å². The van der Waals surface area contributed by atoms with Gasteiger partial charge in [0.25, 0.3) is 0 Å². The minimum atomic E-state index is -5.04. The van der Waals surface area contributed by atoms with E-state index in [4.69, 9.17) is 4.74 Å². The summed E-state index contributed by atoms with van der Waals surface area (Å²) in [4.78, 5) is 17.3. The Balaban J connectivity index is 1.82. The predicted molar refractivity (Wildman–Crippen MR) is 101 cm³/mol. The maximum absolute atomic E-state index is 13.8. The van der Waals surface area contributed by atoms with E-state index in [-0.39, 0.29) is 12.1 Å². The molecule has 33 heavy (non-hydrogen) atoms. The Morgan fingerprint density at radius 1 is 1.12 bits per heavy atom. The third-order valence-electron chi connectivity index (χ3n) is 4.88. The predicted octanol–water partition coefficient (Wildman–Crippen LogP) is 5.26. The number of hydrogen-bond acceptors (Lipinski definition) is 5. The van der Waals surface area contributed by atoms with E-state index in [1.165, 1.54) is 7.11 Å². The number of cyclic esters (lactones) is 1. The standard InChI is InChI=1S/C20H14F6N4O3/c1-32-11-4-2-10(3-5-11)9-30-17-15(16(20(24,25)26)33-18(30)31)12(6-7-27-17)13-8-14(29-28-13)19(21,22)23/h2-8,16H,9H2,1H3,(H,28,29)/t16-/m1/s1. The summed E-state index contributed by atoms with van der Waals surface area (Å²) in [6.45, 7) is -0.203. The summed E-state index contributed by atoms with van der Waals surface area (Å²) in [7, 11) is 1.45. The number of pyridine rings is 1. The Kier molecular flexibility index (Phi) is 5.42.